The Balaban J connectivity index is 1.75. The number of hydrogen-bond acceptors (Lipinski definition) is 7. The normalized spacial score (nSPS) is 17.1. The van der Waals surface area contributed by atoms with Crippen molar-refractivity contribution in [2.75, 3.05) is 32.8 Å². The molecule has 2 unspecified atom stereocenters. The lowest BCUT2D eigenvalue weighted by atomic mass is 10.0. The minimum Gasteiger partial charge on any atom is -0.492 e. The van der Waals surface area contributed by atoms with E-state index >= 15 is 0 Å². The third-order valence-electron chi connectivity index (χ3n) is 5.56. The molecule has 170 valence electrons. The van der Waals surface area contributed by atoms with Crippen LogP contribution in [-0.2, 0) is 19.4 Å². The molecule has 1 aromatic carbocycles. The number of benzene rings is 1. The smallest absolute Gasteiger partial charge is 0.310 e. The summed E-state index contributed by atoms with van der Waals surface area (Å²) in [6.07, 6.45) is 3.79. The van der Waals surface area contributed by atoms with Crippen molar-refractivity contribution in [3.63, 3.8) is 0 Å². The number of nitrogens with zero attached hydrogens (tertiary/aromatic N) is 1. The molecule has 6 nitrogen and oxygen atoms in total. The highest BCUT2D eigenvalue weighted by atomic mass is 32.2. The minimum absolute atomic E-state index is 0.207. The van der Waals surface area contributed by atoms with Gasteiger partial charge in [0.1, 0.15) is 21.8 Å². The average Bonchev–Trinajstić information content (AvgIpc) is 3.32. The van der Waals surface area contributed by atoms with Crippen LogP contribution in [0.2, 0.25) is 0 Å². The van der Waals surface area contributed by atoms with Crippen molar-refractivity contribution in [3.05, 3.63) is 47.3 Å². The van der Waals surface area contributed by atoms with E-state index in [0.717, 1.165) is 31.0 Å². The molecule has 8 heteroatoms. The van der Waals surface area contributed by atoms with Gasteiger partial charge in [0.15, 0.2) is 9.84 Å². The Morgan fingerprint density at radius 3 is 2.45 bits per heavy atom. The number of thiophene rings is 1. The van der Waals surface area contributed by atoms with Gasteiger partial charge in [-0.05, 0) is 62.0 Å². The van der Waals surface area contributed by atoms with Gasteiger partial charge in [-0.3, -0.25) is 9.69 Å². The number of esters is 1. The van der Waals surface area contributed by atoms with Crippen molar-refractivity contribution in [1.82, 2.24) is 4.90 Å². The summed E-state index contributed by atoms with van der Waals surface area (Å²) < 4.78 is 37.9. The summed E-state index contributed by atoms with van der Waals surface area (Å²) in [6, 6.07) is 10.3. The average molecular weight is 466 g/mol. The number of hydrogen-bond donors (Lipinski definition) is 0. The Labute approximate surface area is 189 Å². The molecular weight excluding hydrogens is 434 g/mol. The van der Waals surface area contributed by atoms with Crippen LogP contribution in [-0.4, -0.2) is 52.1 Å². The topological polar surface area (TPSA) is 72.9 Å². The van der Waals surface area contributed by atoms with Gasteiger partial charge in [0.25, 0.3) is 0 Å². The first kappa shape index (κ1) is 23.8. The second kappa shape index (κ2) is 11.1. The number of carbonyl (C=O) groups excluding carboxylic acids is 1. The molecule has 1 aliphatic heterocycles. The van der Waals surface area contributed by atoms with Crippen LogP contribution < -0.4 is 4.74 Å². The Bertz CT molecular complexity index is 919. The molecule has 3 rings (SSSR count). The first-order valence-electron chi connectivity index (χ1n) is 10.8. The molecule has 1 aliphatic rings. The molecule has 0 bridgehead atoms. The second-order valence-electron chi connectivity index (χ2n) is 7.76. The molecule has 2 heterocycles. The number of sulfone groups is 1. The Morgan fingerprint density at radius 1 is 1.13 bits per heavy atom. The van der Waals surface area contributed by atoms with Crippen LogP contribution in [0.1, 0.15) is 43.9 Å². The molecular formula is C23H31NO5S2. The fourth-order valence-electron chi connectivity index (χ4n) is 3.91. The second-order valence-corrected chi connectivity index (χ2v) is 11.0. The summed E-state index contributed by atoms with van der Waals surface area (Å²) in [5, 5.41) is 0.700. The Hall–Kier alpha value is -1.90. The van der Waals surface area contributed by atoms with Gasteiger partial charge in [0.05, 0.1) is 12.5 Å². The zero-order valence-electron chi connectivity index (χ0n) is 18.2. The van der Waals surface area contributed by atoms with Gasteiger partial charge in [0.2, 0.25) is 0 Å². The molecule has 0 saturated carbocycles. The number of piperidine rings is 1. The molecule has 2 aromatic rings. The maximum absolute atomic E-state index is 13.3. The van der Waals surface area contributed by atoms with Crippen molar-refractivity contribution >= 4 is 27.1 Å². The summed E-state index contributed by atoms with van der Waals surface area (Å²) >= 11 is 1.15. The Morgan fingerprint density at radius 2 is 1.84 bits per heavy atom. The van der Waals surface area contributed by atoms with E-state index in [9.17, 15) is 13.2 Å². The standard InChI is InChI=1S/C23H31NO5S2/c1-3-28-23(25)18(2)22(31(26,27)21-8-7-17-30-21)19-9-11-20(12-10-19)29-16-15-24-13-5-4-6-14-24/h7-12,17-18,22H,3-6,13-16H2,1-2H3. The first-order valence-corrected chi connectivity index (χ1v) is 13.2. The number of carbonyl (C=O) groups is 1. The van der Waals surface area contributed by atoms with Gasteiger partial charge in [-0.25, -0.2) is 8.42 Å². The van der Waals surface area contributed by atoms with E-state index in [-0.39, 0.29) is 10.8 Å². The fraction of sp³-hybridized carbons (Fsp3) is 0.522. The monoisotopic (exact) mass is 465 g/mol. The summed E-state index contributed by atoms with van der Waals surface area (Å²) in [5.41, 5.74) is 0.553. The third kappa shape index (κ3) is 6.08. The highest BCUT2D eigenvalue weighted by Crippen LogP contribution is 2.38. The molecule has 0 radical (unpaired) electrons. The van der Waals surface area contributed by atoms with Crippen LogP contribution in [0.4, 0.5) is 0 Å². The van der Waals surface area contributed by atoms with Crippen LogP contribution in [0.25, 0.3) is 0 Å². The molecule has 1 fully saturated rings. The third-order valence-corrected chi connectivity index (χ3v) is 9.25. The number of ether oxygens (including phenoxy) is 2. The molecule has 0 spiro atoms. The Kier molecular flexibility index (Phi) is 8.51. The van der Waals surface area contributed by atoms with Crippen LogP contribution in [0.3, 0.4) is 0 Å². The van der Waals surface area contributed by atoms with Crippen LogP contribution in [0.15, 0.2) is 46.0 Å². The maximum atomic E-state index is 13.3. The molecule has 2 atom stereocenters. The van der Waals surface area contributed by atoms with E-state index < -0.39 is 27.0 Å². The predicted molar refractivity (Wildman–Crippen MR) is 122 cm³/mol. The van der Waals surface area contributed by atoms with Crippen LogP contribution in [0, 0.1) is 5.92 Å². The SMILES string of the molecule is CCOC(=O)C(C)C(c1ccc(OCCN2CCCCC2)cc1)S(=O)(=O)c1cccs1. The molecule has 0 amide bonds. The van der Waals surface area contributed by atoms with E-state index in [0.29, 0.717) is 17.9 Å². The maximum Gasteiger partial charge on any atom is 0.310 e. The van der Waals surface area contributed by atoms with Crippen molar-refractivity contribution in [1.29, 1.82) is 0 Å². The zero-order valence-corrected chi connectivity index (χ0v) is 19.8. The van der Waals surface area contributed by atoms with Gasteiger partial charge in [-0.2, -0.15) is 0 Å². The summed E-state index contributed by atoms with van der Waals surface area (Å²) in [4.78, 5) is 14.8. The predicted octanol–water partition coefficient (Wildman–Crippen LogP) is 4.33. The molecule has 1 saturated heterocycles. The van der Waals surface area contributed by atoms with Crippen molar-refractivity contribution < 1.29 is 22.7 Å². The van der Waals surface area contributed by atoms with Gasteiger partial charge < -0.3 is 9.47 Å². The van der Waals surface area contributed by atoms with E-state index in [2.05, 4.69) is 4.90 Å². The van der Waals surface area contributed by atoms with Gasteiger partial charge in [-0.1, -0.05) is 31.5 Å². The number of rotatable bonds is 10. The lowest BCUT2D eigenvalue weighted by Gasteiger charge is -2.26. The lowest BCUT2D eigenvalue weighted by molar-refractivity contribution is -0.147. The largest absolute Gasteiger partial charge is 0.492 e. The summed E-state index contributed by atoms with van der Waals surface area (Å²) in [6.45, 7) is 7.25. The highest BCUT2D eigenvalue weighted by molar-refractivity contribution is 7.93. The highest BCUT2D eigenvalue weighted by Gasteiger charge is 2.38. The molecule has 0 N–H and O–H groups in total. The van der Waals surface area contributed by atoms with E-state index in [1.807, 2.05) is 0 Å². The summed E-state index contributed by atoms with van der Waals surface area (Å²) in [7, 11) is -3.75. The van der Waals surface area contributed by atoms with Gasteiger partial charge in [0, 0.05) is 6.54 Å². The summed E-state index contributed by atoms with van der Waals surface area (Å²) in [5.74, 6) is -0.663. The van der Waals surface area contributed by atoms with E-state index in [1.165, 1.54) is 19.3 Å². The van der Waals surface area contributed by atoms with Crippen molar-refractivity contribution in [2.45, 2.75) is 42.6 Å². The molecule has 0 aliphatic carbocycles. The van der Waals surface area contributed by atoms with Crippen LogP contribution >= 0.6 is 11.3 Å². The van der Waals surface area contributed by atoms with E-state index in [4.69, 9.17) is 9.47 Å². The van der Waals surface area contributed by atoms with E-state index in [1.54, 1.807) is 55.6 Å². The van der Waals surface area contributed by atoms with Gasteiger partial charge >= 0.3 is 5.97 Å². The van der Waals surface area contributed by atoms with Crippen LogP contribution in [0.5, 0.6) is 5.75 Å². The first-order chi connectivity index (χ1) is 14.9. The molecule has 1 aromatic heterocycles. The zero-order chi connectivity index (χ0) is 22.3. The quantitative estimate of drug-likeness (QED) is 0.487. The van der Waals surface area contributed by atoms with Gasteiger partial charge in [-0.15, -0.1) is 11.3 Å². The number of likely N-dealkylation sites (tertiary alicyclic amines) is 1. The molecule has 31 heavy (non-hydrogen) atoms. The fourth-order valence-corrected chi connectivity index (χ4v) is 7.06. The van der Waals surface area contributed by atoms with Crippen molar-refractivity contribution in [2.24, 2.45) is 5.92 Å². The van der Waals surface area contributed by atoms with Crippen molar-refractivity contribution in [3.8, 4) is 5.75 Å². The lowest BCUT2D eigenvalue weighted by Crippen LogP contribution is -2.33. The minimum atomic E-state index is -3.75.